The van der Waals surface area contributed by atoms with Gasteiger partial charge in [-0.15, -0.1) is 0 Å². The molecule has 0 amide bonds. The molecule has 2 nitrogen and oxygen atoms in total. The molecule has 1 rings (SSSR count). The minimum absolute atomic E-state index is 0.579. The van der Waals surface area contributed by atoms with Crippen molar-refractivity contribution >= 4 is 0 Å². The van der Waals surface area contributed by atoms with Crippen LogP contribution in [0.4, 0.5) is 0 Å². The molecule has 0 aromatic carbocycles. The Labute approximate surface area is 82.0 Å². The van der Waals surface area contributed by atoms with E-state index in [1.165, 1.54) is 32.1 Å². The van der Waals surface area contributed by atoms with Crippen LogP contribution in [-0.2, 0) is 4.74 Å². The minimum atomic E-state index is 0.579. The van der Waals surface area contributed by atoms with Crippen molar-refractivity contribution in [3.8, 4) is 0 Å². The molecule has 0 heterocycles. The Bertz CT molecular complexity index is 121. The average molecular weight is 185 g/mol. The van der Waals surface area contributed by atoms with Crippen molar-refractivity contribution in [3.63, 3.8) is 0 Å². The van der Waals surface area contributed by atoms with E-state index in [1.807, 2.05) is 7.05 Å². The zero-order valence-electron chi connectivity index (χ0n) is 9.01. The van der Waals surface area contributed by atoms with Gasteiger partial charge in [0.2, 0.25) is 0 Å². The van der Waals surface area contributed by atoms with E-state index in [4.69, 9.17) is 4.74 Å². The molecule has 0 bridgehead atoms. The van der Waals surface area contributed by atoms with E-state index in [2.05, 4.69) is 12.2 Å². The predicted molar refractivity (Wildman–Crippen MR) is 55.9 cm³/mol. The summed E-state index contributed by atoms with van der Waals surface area (Å²) in [6.45, 7) is 4.37. The Kier molecular flexibility index (Phi) is 5.40. The summed E-state index contributed by atoms with van der Waals surface area (Å²) < 4.78 is 5.73. The molecule has 0 aliphatic heterocycles. The SMILES string of the molecule is CCCCCOC1CC(CNC)C1. The van der Waals surface area contributed by atoms with Crippen LogP contribution in [0, 0.1) is 5.92 Å². The van der Waals surface area contributed by atoms with E-state index in [0.717, 1.165) is 19.1 Å². The lowest BCUT2D eigenvalue weighted by molar-refractivity contribution is -0.0306. The van der Waals surface area contributed by atoms with Crippen molar-refractivity contribution in [1.29, 1.82) is 0 Å². The third-order valence-electron chi connectivity index (χ3n) is 2.79. The summed E-state index contributed by atoms with van der Waals surface area (Å²) in [4.78, 5) is 0. The van der Waals surface area contributed by atoms with Crippen LogP contribution in [0.2, 0.25) is 0 Å². The van der Waals surface area contributed by atoms with Crippen molar-refractivity contribution in [2.45, 2.75) is 45.1 Å². The first-order valence-corrected chi connectivity index (χ1v) is 5.63. The van der Waals surface area contributed by atoms with Crippen LogP contribution in [0.5, 0.6) is 0 Å². The predicted octanol–water partition coefficient (Wildman–Crippen LogP) is 2.19. The van der Waals surface area contributed by atoms with Crippen LogP contribution < -0.4 is 5.32 Å². The van der Waals surface area contributed by atoms with Gasteiger partial charge in [0.15, 0.2) is 0 Å². The lowest BCUT2D eigenvalue weighted by Gasteiger charge is -2.35. The van der Waals surface area contributed by atoms with E-state index >= 15 is 0 Å². The maximum Gasteiger partial charge on any atom is 0.0581 e. The molecular formula is C11H23NO. The zero-order valence-corrected chi connectivity index (χ0v) is 9.01. The van der Waals surface area contributed by atoms with Crippen LogP contribution in [0.3, 0.4) is 0 Å². The van der Waals surface area contributed by atoms with Gasteiger partial charge in [-0.3, -0.25) is 0 Å². The Morgan fingerprint density at radius 2 is 2.08 bits per heavy atom. The molecule has 0 unspecified atom stereocenters. The Morgan fingerprint density at radius 1 is 1.31 bits per heavy atom. The van der Waals surface area contributed by atoms with Crippen molar-refractivity contribution in [1.82, 2.24) is 5.32 Å². The van der Waals surface area contributed by atoms with Crippen LogP contribution in [0.15, 0.2) is 0 Å². The highest BCUT2D eigenvalue weighted by Gasteiger charge is 2.28. The monoisotopic (exact) mass is 185 g/mol. The number of hydrogen-bond donors (Lipinski definition) is 1. The summed E-state index contributed by atoms with van der Waals surface area (Å²) >= 11 is 0. The van der Waals surface area contributed by atoms with E-state index in [1.54, 1.807) is 0 Å². The Hall–Kier alpha value is -0.0800. The molecule has 1 fully saturated rings. The smallest absolute Gasteiger partial charge is 0.0581 e. The van der Waals surface area contributed by atoms with E-state index in [9.17, 15) is 0 Å². The lowest BCUT2D eigenvalue weighted by Crippen LogP contribution is -2.37. The molecule has 0 atom stereocenters. The topological polar surface area (TPSA) is 21.3 Å². The van der Waals surface area contributed by atoms with E-state index in [0.29, 0.717) is 6.10 Å². The fraction of sp³-hybridized carbons (Fsp3) is 1.00. The fourth-order valence-electron chi connectivity index (χ4n) is 1.87. The normalized spacial score (nSPS) is 27.2. The average Bonchev–Trinajstić information content (AvgIpc) is 2.07. The van der Waals surface area contributed by atoms with Crippen LogP contribution in [-0.4, -0.2) is 26.3 Å². The summed E-state index contributed by atoms with van der Waals surface area (Å²) in [5.74, 6) is 0.876. The minimum Gasteiger partial charge on any atom is -0.378 e. The molecule has 0 aromatic rings. The van der Waals surface area contributed by atoms with Gasteiger partial charge in [-0.05, 0) is 38.8 Å². The highest BCUT2D eigenvalue weighted by atomic mass is 16.5. The van der Waals surface area contributed by atoms with Gasteiger partial charge < -0.3 is 10.1 Å². The van der Waals surface area contributed by atoms with Crippen LogP contribution >= 0.6 is 0 Å². The number of nitrogens with one attached hydrogen (secondary N) is 1. The van der Waals surface area contributed by atoms with Crippen molar-refractivity contribution < 1.29 is 4.74 Å². The maximum absolute atomic E-state index is 5.73. The number of ether oxygens (including phenoxy) is 1. The summed E-state index contributed by atoms with van der Waals surface area (Å²) in [7, 11) is 2.02. The molecular weight excluding hydrogens is 162 g/mol. The largest absolute Gasteiger partial charge is 0.378 e. The van der Waals surface area contributed by atoms with Gasteiger partial charge in [-0.2, -0.15) is 0 Å². The first kappa shape index (κ1) is 11.0. The molecule has 78 valence electrons. The van der Waals surface area contributed by atoms with Gasteiger partial charge in [0.05, 0.1) is 6.10 Å². The Balaban J connectivity index is 1.84. The van der Waals surface area contributed by atoms with Gasteiger partial charge in [-0.1, -0.05) is 19.8 Å². The van der Waals surface area contributed by atoms with Crippen molar-refractivity contribution in [2.24, 2.45) is 5.92 Å². The third kappa shape index (κ3) is 4.10. The fourth-order valence-corrected chi connectivity index (χ4v) is 1.87. The van der Waals surface area contributed by atoms with Crippen LogP contribution in [0.1, 0.15) is 39.0 Å². The second-order valence-electron chi connectivity index (χ2n) is 4.10. The summed E-state index contributed by atoms with van der Waals surface area (Å²) in [6, 6.07) is 0. The molecule has 1 aliphatic carbocycles. The quantitative estimate of drug-likeness (QED) is 0.614. The first-order valence-electron chi connectivity index (χ1n) is 5.63. The molecule has 2 heteroatoms. The molecule has 1 saturated carbocycles. The zero-order chi connectivity index (χ0) is 9.52. The molecule has 0 spiro atoms. The first-order chi connectivity index (χ1) is 6.36. The molecule has 0 radical (unpaired) electrons. The van der Waals surface area contributed by atoms with Gasteiger partial charge in [0, 0.05) is 6.61 Å². The lowest BCUT2D eigenvalue weighted by atomic mass is 9.82. The highest BCUT2D eigenvalue weighted by Crippen LogP contribution is 2.29. The summed E-state index contributed by atoms with van der Waals surface area (Å²) in [5.41, 5.74) is 0. The molecule has 13 heavy (non-hydrogen) atoms. The molecule has 1 N–H and O–H groups in total. The molecule has 0 saturated heterocycles. The number of hydrogen-bond acceptors (Lipinski definition) is 2. The maximum atomic E-state index is 5.73. The van der Waals surface area contributed by atoms with E-state index < -0.39 is 0 Å². The molecule has 0 aromatic heterocycles. The Morgan fingerprint density at radius 3 is 2.69 bits per heavy atom. The second kappa shape index (κ2) is 6.39. The van der Waals surface area contributed by atoms with E-state index in [-0.39, 0.29) is 0 Å². The standard InChI is InChI=1S/C11H23NO/c1-3-4-5-6-13-11-7-10(8-11)9-12-2/h10-12H,3-9H2,1-2H3. The number of rotatable bonds is 7. The van der Waals surface area contributed by atoms with Gasteiger partial charge in [0.1, 0.15) is 0 Å². The van der Waals surface area contributed by atoms with Crippen molar-refractivity contribution in [2.75, 3.05) is 20.2 Å². The van der Waals surface area contributed by atoms with Gasteiger partial charge in [-0.25, -0.2) is 0 Å². The molecule has 1 aliphatic rings. The highest BCUT2D eigenvalue weighted by molar-refractivity contribution is 4.81. The third-order valence-corrected chi connectivity index (χ3v) is 2.79. The van der Waals surface area contributed by atoms with Gasteiger partial charge >= 0.3 is 0 Å². The summed E-state index contributed by atoms with van der Waals surface area (Å²) in [5, 5.41) is 3.21. The number of unbranched alkanes of at least 4 members (excludes halogenated alkanes) is 2. The van der Waals surface area contributed by atoms with Crippen molar-refractivity contribution in [3.05, 3.63) is 0 Å². The van der Waals surface area contributed by atoms with Gasteiger partial charge in [0.25, 0.3) is 0 Å². The van der Waals surface area contributed by atoms with Crippen LogP contribution in [0.25, 0.3) is 0 Å². The second-order valence-corrected chi connectivity index (χ2v) is 4.10. The summed E-state index contributed by atoms with van der Waals surface area (Å²) in [6.07, 6.45) is 6.96.